The second-order valence-electron chi connectivity index (χ2n) is 12.7. The van der Waals surface area contributed by atoms with Crippen LogP contribution in [0.1, 0.15) is 36.1 Å². The van der Waals surface area contributed by atoms with E-state index in [4.69, 9.17) is 11.5 Å². The van der Waals surface area contributed by atoms with Crippen molar-refractivity contribution in [2.24, 2.45) is 0 Å². The second-order valence-corrected chi connectivity index (χ2v) is 12.7. The lowest BCUT2D eigenvalue weighted by Gasteiger charge is -2.12. The molecular formula is C39H30F8N12. The number of aryl methyl sites for hydroxylation is 1. The molecule has 302 valence electrons. The molecule has 0 unspecified atom stereocenters. The third-order valence-electron chi connectivity index (χ3n) is 8.57. The molecule has 59 heavy (non-hydrogen) atoms. The molecule has 0 aliphatic heterocycles. The highest BCUT2D eigenvalue weighted by Gasteiger charge is 2.31. The van der Waals surface area contributed by atoms with Crippen molar-refractivity contribution in [3.63, 3.8) is 0 Å². The lowest BCUT2D eigenvalue weighted by atomic mass is 10.2. The smallest absolute Gasteiger partial charge is 0.383 e. The summed E-state index contributed by atoms with van der Waals surface area (Å²) >= 11 is 0. The zero-order valence-electron chi connectivity index (χ0n) is 30.4. The average Bonchev–Trinajstić information content (AvgIpc) is 3.77. The van der Waals surface area contributed by atoms with Crippen LogP contribution in [-0.2, 0) is 18.8 Å². The van der Waals surface area contributed by atoms with Gasteiger partial charge in [-0.15, -0.1) is 0 Å². The Morgan fingerprint density at radius 1 is 0.559 bits per heavy atom. The molecule has 0 radical (unpaired) electrons. The fraction of sp³-hybridized carbons (Fsp3) is 0.128. The SMILES string of the molecule is CCc1nc2ccccc2n1-c1nc(N)cc(Nc2ccc(C(F)(F)F)cc2)n1.Nc1cc(Nc2ccc(C(F)(F)F)cc2)nc(-n2c(C(F)F)nc3ccccc32)n1. The quantitative estimate of drug-likeness (QED) is 0.109. The predicted molar refractivity (Wildman–Crippen MR) is 206 cm³/mol. The van der Waals surface area contributed by atoms with Crippen LogP contribution in [0.15, 0.2) is 109 Å². The molecule has 8 aromatic rings. The van der Waals surface area contributed by atoms with E-state index in [-0.39, 0.29) is 23.4 Å². The zero-order valence-corrected chi connectivity index (χ0v) is 30.4. The molecule has 12 nitrogen and oxygen atoms in total. The Balaban J connectivity index is 0.000000179. The summed E-state index contributed by atoms with van der Waals surface area (Å²) in [6.45, 7) is 1.98. The number of nitrogen functional groups attached to an aromatic ring is 2. The first kappa shape index (κ1) is 39.8. The van der Waals surface area contributed by atoms with E-state index in [0.717, 1.165) is 45.7 Å². The van der Waals surface area contributed by atoms with Crippen molar-refractivity contribution in [2.45, 2.75) is 32.1 Å². The molecule has 0 amide bonds. The Kier molecular flexibility index (Phi) is 10.7. The predicted octanol–water partition coefficient (Wildman–Crippen LogP) is 9.82. The minimum Gasteiger partial charge on any atom is -0.383 e. The molecule has 20 heteroatoms. The normalized spacial score (nSPS) is 11.8. The van der Waals surface area contributed by atoms with Crippen molar-refractivity contribution in [1.29, 1.82) is 0 Å². The van der Waals surface area contributed by atoms with Crippen LogP contribution >= 0.6 is 0 Å². The van der Waals surface area contributed by atoms with Crippen LogP contribution < -0.4 is 22.1 Å². The highest BCUT2D eigenvalue weighted by atomic mass is 19.4. The van der Waals surface area contributed by atoms with Crippen LogP contribution in [0.4, 0.5) is 69.8 Å². The first-order valence-electron chi connectivity index (χ1n) is 17.5. The standard InChI is InChI=1S/C20H17F3N6.C19H13F5N6/c1-2-18-26-14-5-3-4-6-15(14)29(18)19-27-16(24)11-17(28-19)25-13-9-7-12(8-10-13)20(21,22)23;20-16(21)17-27-12-3-1-2-4-13(12)30(17)18-28-14(25)9-15(29-18)26-11-7-5-10(6-8-11)19(22,23)24/h3-11H,2H2,1H3,(H3,24,25,27,28);1-9,16H,(H3,25,26,28,29). The van der Waals surface area contributed by atoms with Gasteiger partial charge >= 0.3 is 12.4 Å². The second kappa shape index (κ2) is 15.9. The molecule has 0 aliphatic rings. The van der Waals surface area contributed by atoms with Crippen LogP contribution in [0.2, 0.25) is 0 Å². The van der Waals surface area contributed by atoms with Crippen molar-refractivity contribution in [3.8, 4) is 11.9 Å². The first-order valence-corrected chi connectivity index (χ1v) is 17.5. The van der Waals surface area contributed by atoms with Crippen LogP contribution in [0.25, 0.3) is 34.0 Å². The van der Waals surface area contributed by atoms with Gasteiger partial charge in [-0.2, -0.15) is 46.3 Å². The number of benzene rings is 4. The van der Waals surface area contributed by atoms with Gasteiger partial charge in [-0.05, 0) is 72.8 Å². The van der Waals surface area contributed by atoms with E-state index in [9.17, 15) is 35.1 Å². The Hall–Kier alpha value is -7.38. The summed E-state index contributed by atoms with van der Waals surface area (Å²) in [4.78, 5) is 25.6. The third-order valence-corrected chi connectivity index (χ3v) is 8.57. The minimum absolute atomic E-state index is 0.0209. The van der Waals surface area contributed by atoms with Crippen LogP contribution in [-0.4, -0.2) is 39.0 Å². The molecule has 6 N–H and O–H groups in total. The topological polar surface area (TPSA) is 163 Å². The Labute approximate surface area is 328 Å². The Morgan fingerprint density at radius 2 is 0.983 bits per heavy atom. The summed E-state index contributed by atoms with van der Waals surface area (Å²) in [5.74, 6) is 1.11. The van der Waals surface area contributed by atoms with Crippen molar-refractivity contribution < 1.29 is 35.1 Å². The van der Waals surface area contributed by atoms with E-state index in [1.807, 2.05) is 35.8 Å². The number of nitrogens with one attached hydrogen (secondary N) is 2. The number of hydrogen-bond donors (Lipinski definition) is 4. The van der Waals surface area contributed by atoms with E-state index < -0.39 is 35.7 Å². The molecule has 0 bridgehead atoms. The number of para-hydroxylation sites is 4. The maximum Gasteiger partial charge on any atom is 0.416 e. The number of rotatable bonds is 8. The first-order chi connectivity index (χ1) is 28.1. The van der Waals surface area contributed by atoms with Crippen LogP contribution in [0.3, 0.4) is 0 Å². The molecule has 0 fully saturated rings. The lowest BCUT2D eigenvalue weighted by molar-refractivity contribution is -0.138. The van der Waals surface area contributed by atoms with Gasteiger partial charge in [0.15, 0.2) is 5.82 Å². The molecular weight excluding hydrogens is 788 g/mol. The van der Waals surface area contributed by atoms with Gasteiger partial charge in [0.25, 0.3) is 6.43 Å². The van der Waals surface area contributed by atoms with Gasteiger partial charge < -0.3 is 22.1 Å². The zero-order chi connectivity index (χ0) is 42.1. The number of imidazole rings is 2. The number of anilines is 6. The maximum absolute atomic E-state index is 13.6. The number of fused-ring (bicyclic) bond motifs is 2. The summed E-state index contributed by atoms with van der Waals surface area (Å²) in [5.41, 5.74) is 13.3. The summed E-state index contributed by atoms with van der Waals surface area (Å²) in [6, 6.07) is 25.9. The summed E-state index contributed by atoms with van der Waals surface area (Å²) in [7, 11) is 0. The van der Waals surface area contributed by atoms with Gasteiger partial charge in [-0.25, -0.2) is 18.7 Å². The Bertz CT molecular complexity index is 2740. The van der Waals surface area contributed by atoms with Gasteiger partial charge in [-0.3, -0.25) is 9.13 Å². The van der Waals surface area contributed by atoms with E-state index >= 15 is 0 Å². The van der Waals surface area contributed by atoms with Crippen molar-refractivity contribution in [3.05, 3.63) is 132 Å². The fourth-order valence-electron chi connectivity index (χ4n) is 5.95. The van der Waals surface area contributed by atoms with E-state index in [1.54, 1.807) is 24.3 Å². The monoisotopic (exact) mass is 818 g/mol. The van der Waals surface area contributed by atoms with Gasteiger partial charge in [0.1, 0.15) is 29.1 Å². The highest BCUT2D eigenvalue weighted by molar-refractivity contribution is 5.79. The van der Waals surface area contributed by atoms with Crippen molar-refractivity contribution >= 4 is 56.7 Å². The largest absolute Gasteiger partial charge is 0.416 e. The Morgan fingerprint density at radius 3 is 1.42 bits per heavy atom. The molecule has 0 spiro atoms. The summed E-state index contributed by atoms with van der Waals surface area (Å²) < 4.78 is 106. The number of nitrogens with two attached hydrogens (primary N) is 2. The molecule has 4 aromatic heterocycles. The number of nitrogens with zero attached hydrogens (tertiary/aromatic N) is 8. The van der Waals surface area contributed by atoms with Gasteiger partial charge in [0.2, 0.25) is 11.9 Å². The molecule has 0 aliphatic carbocycles. The van der Waals surface area contributed by atoms with Gasteiger partial charge in [0, 0.05) is 29.9 Å². The number of aromatic nitrogens is 8. The van der Waals surface area contributed by atoms with E-state index in [2.05, 4.69) is 40.5 Å². The fourth-order valence-corrected chi connectivity index (χ4v) is 5.95. The molecule has 0 saturated carbocycles. The molecule has 4 aromatic carbocycles. The van der Waals surface area contributed by atoms with Gasteiger partial charge in [0.05, 0.1) is 33.2 Å². The lowest BCUT2D eigenvalue weighted by Crippen LogP contribution is -2.10. The molecule has 0 atom stereocenters. The average molecular weight is 819 g/mol. The highest BCUT2D eigenvalue weighted by Crippen LogP contribution is 2.33. The number of alkyl halides is 8. The number of hydrogen-bond acceptors (Lipinski definition) is 10. The third kappa shape index (κ3) is 8.80. The maximum atomic E-state index is 13.6. The van der Waals surface area contributed by atoms with Crippen molar-refractivity contribution in [2.75, 3.05) is 22.1 Å². The summed E-state index contributed by atoms with van der Waals surface area (Å²) in [5, 5.41) is 5.78. The summed E-state index contributed by atoms with van der Waals surface area (Å²) in [6.07, 6.45) is -11.1. The molecule has 0 saturated heterocycles. The van der Waals surface area contributed by atoms with Crippen molar-refractivity contribution in [1.82, 2.24) is 39.0 Å². The number of halogens is 8. The van der Waals surface area contributed by atoms with Gasteiger partial charge in [-0.1, -0.05) is 31.2 Å². The molecule has 8 rings (SSSR count). The van der Waals surface area contributed by atoms with Crippen LogP contribution in [0, 0.1) is 0 Å². The van der Waals surface area contributed by atoms with Crippen LogP contribution in [0.5, 0.6) is 0 Å². The van der Waals surface area contributed by atoms with E-state index in [0.29, 0.717) is 40.6 Å². The van der Waals surface area contributed by atoms with E-state index in [1.165, 1.54) is 36.4 Å². The molecule has 4 heterocycles. The minimum atomic E-state index is -4.46.